The first-order chi connectivity index (χ1) is 14.1. The third-order valence-corrected chi connectivity index (χ3v) is 4.62. The summed E-state index contributed by atoms with van der Waals surface area (Å²) in [5.41, 5.74) is 2.36. The lowest BCUT2D eigenvalue weighted by atomic mass is 10.1. The minimum atomic E-state index is -0.351. The number of hydrogen-bond donors (Lipinski definition) is 2. The highest BCUT2D eigenvalue weighted by atomic mass is 16.7. The van der Waals surface area contributed by atoms with Crippen molar-refractivity contribution < 1.29 is 19.1 Å². The van der Waals surface area contributed by atoms with Gasteiger partial charge in [0.25, 0.3) is 5.91 Å². The van der Waals surface area contributed by atoms with E-state index in [0.717, 1.165) is 11.3 Å². The number of benzene rings is 2. The molecule has 29 heavy (non-hydrogen) atoms. The van der Waals surface area contributed by atoms with E-state index < -0.39 is 0 Å². The molecule has 0 saturated heterocycles. The zero-order valence-corrected chi connectivity index (χ0v) is 15.8. The van der Waals surface area contributed by atoms with E-state index in [-0.39, 0.29) is 31.2 Å². The molecule has 1 unspecified atom stereocenters. The average molecular weight is 392 g/mol. The third-order valence-electron chi connectivity index (χ3n) is 4.62. The SMILES string of the molecule is CC(NC(=O)CNC(=O)c1ccc2c(c1)OCO2)c1ccc(-n2ccnc2)cc1. The van der Waals surface area contributed by atoms with Crippen molar-refractivity contribution in [2.24, 2.45) is 0 Å². The Balaban J connectivity index is 1.29. The van der Waals surface area contributed by atoms with Crippen molar-refractivity contribution in [3.63, 3.8) is 0 Å². The van der Waals surface area contributed by atoms with Crippen LogP contribution in [-0.4, -0.2) is 34.7 Å². The Morgan fingerprint density at radius 2 is 1.93 bits per heavy atom. The first kappa shape index (κ1) is 18.5. The molecule has 2 N–H and O–H groups in total. The summed E-state index contributed by atoms with van der Waals surface area (Å²) >= 11 is 0. The second kappa shape index (κ2) is 8.05. The van der Waals surface area contributed by atoms with Crippen molar-refractivity contribution in [3.8, 4) is 17.2 Å². The van der Waals surface area contributed by atoms with Crippen LogP contribution in [0.2, 0.25) is 0 Å². The van der Waals surface area contributed by atoms with Crippen LogP contribution in [0.4, 0.5) is 0 Å². The van der Waals surface area contributed by atoms with E-state index in [1.807, 2.05) is 42.0 Å². The molecule has 2 amide bonds. The van der Waals surface area contributed by atoms with E-state index >= 15 is 0 Å². The summed E-state index contributed by atoms with van der Waals surface area (Å²) in [6, 6.07) is 12.5. The molecule has 1 aliphatic heterocycles. The Kier molecular flexibility index (Phi) is 5.15. The van der Waals surface area contributed by atoms with Crippen molar-refractivity contribution in [3.05, 3.63) is 72.3 Å². The highest BCUT2D eigenvalue weighted by Crippen LogP contribution is 2.32. The molecule has 0 bridgehead atoms. The molecule has 0 saturated carbocycles. The number of carbonyl (C=O) groups excluding carboxylic acids is 2. The van der Waals surface area contributed by atoms with Gasteiger partial charge in [0.1, 0.15) is 0 Å². The standard InChI is InChI=1S/C21H20N4O4/c1-14(15-2-5-17(6-3-15)25-9-8-22-12-25)24-20(26)11-23-21(27)16-4-7-18-19(10-16)29-13-28-18/h2-10,12,14H,11,13H2,1H3,(H,23,27)(H,24,26). The Bertz CT molecular complexity index is 1020. The molecule has 0 radical (unpaired) electrons. The summed E-state index contributed by atoms with van der Waals surface area (Å²) in [6.07, 6.45) is 5.31. The van der Waals surface area contributed by atoms with Crippen LogP contribution in [0, 0.1) is 0 Å². The molecule has 4 rings (SSSR count). The number of imidazole rings is 1. The topological polar surface area (TPSA) is 94.5 Å². The summed E-state index contributed by atoms with van der Waals surface area (Å²) in [5, 5.41) is 5.50. The molecule has 0 aliphatic carbocycles. The van der Waals surface area contributed by atoms with Gasteiger partial charge < -0.3 is 24.7 Å². The number of amides is 2. The number of nitrogens with one attached hydrogen (secondary N) is 2. The fourth-order valence-electron chi connectivity index (χ4n) is 3.02. The molecule has 0 spiro atoms. The van der Waals surface area contributed by atoms with Crippen molar-refractivity contribution in [2.75, 3.05) is 13.3 Å². The van der Waals surface area contributed by atoms with Crippen LogP contribution in [0.1, 0.15) is 28.9 Å². The van der Waals surface area contributed by atoms with E-state index in [0.29, 0.717) is 17.1 Å². The Labute approximate surface area is 167 Å². The maximum atomic E-state index is 12.3. The second-order valence-corrected chi connectivity index (χ2v) is 6.60. The molecule has 1 aromatic heterocycles. The molecule has 1 aliphatic rings. The van der Waals surface area contributed by atoms with Crippen LogP contribution >= 0.6 is 0 Å². The molecule has 2 aromatic carbocycles. The second-order valence-electron chi connectivity index (χ2n) is 6.60. The van der Waals surface area contributed by atoms with Crippen molar-refractivity contribution >= 4 is 11.8 Å². The number of ether oxygens (including phenoxy) is 2. The first-order valence-corrected chi connectivity index (χ1v) is 9.15. The van der Waals surface area contributed by atoms with Gasteiger partial charge in [-0.1, -0.05) is 12.1 Å². The first-order valence-electron chi connectivity index (χ1n) is 9.15. The molecule has 8 nitrogen and oxygen atoms in total. The monoisotopic (exact) mass is 392 g/mol. The van der Waals surface area contributed by atoms with E-state index in [1.54, 1.807) is 30.7 Å². The van der Waals surface area contributed by atoms with Crippen molar-refractivity contribution in [2.45, 2.75) is 13.0 Å². The summed E-state index contributed by atoms with van der Waals surface area (Å²) in [6.45, 7) is 1.92. The molecule has 1 atom stereocenters. The highest BCUT2D eigenvalue weighted by molar-refractivity contribution is 5.97. The fourth-order valence-corrected chi connectivity index (χ4v) is 3.02. The Hall–Kier alpha value is -3.81. The van der Waals surface area contributed by atoms with Crippen LogP contribution < -0.4 is 20.1 Å². The van der Waals surface area contributed by atoms with Gasteiger partial charge in [-0.3, -0.25) is 9.59 Å². The quantitative estimate of drug-likeness (QED) is 0.671. The van der Waals surface area contributed by atoms with Gasteiger partial charge in [-0.15, -0.1) is 0 Å². The molecule has 8 heteroatoms. The van der Waals surface area contributed by atoms with Crippen LogP contribution in [0.5, 0.6) is 11.5 Å². The molecule has 2 heterocycles. The van der Waals surface area contributed by atoms with E-state index in [4.69, 9.17) is 9.47 Å². The summed E-state index contributed by atoms with van der Waals surface area (Å²) in [7, 11) is 0. The molecular formula is C21H20N4O4. The molecular weight excluding hydrogens is 372 g/mol. The molecule has 3 aromatic rings. The zero-order chi connectivity index (χ0) is 20.2. The number of aromatic nitrogens is 2. The molecule has 0 fully saturated rings. The summed E-state index contributed by atoms with van der Waals surface area (Å²) in [5.74, 6) is 0.503. The minimum absolute atomic E-state index is 0.120. The number of nitrogens with zero attached hydrogens (tertiary/aromatic N) is 2. The Morgan fingerprint density at radius 3 is 2.69 bits per heavy atom. The van der Waals surface area contributed by atoms with Gasteiger partial charge in [-0.05, 0) is 42.8 Å². The maximum absolute atomic E-state index is 12.3. The summed E-state index contributed by atoms with van der Waals surface area (Å²) in [4.78, 5) is 28.5. The van der Waals surface area contributed by atoms with E-state index in [2.05, 4.69) is 15.6 Å². The van der Waals surface area contributed by atoms with Crippen LogP contribution in [-0.2, 0) is 4.79 Å². The lowest BCUT2D eigenvalue weighted by Crippen LogP contribution is -2.38. The van der Waals surface area contributed by atoms with Gasteiger partial charge in [0.2, 0.25) is 12.7 Å². The van der Waals surface area contributed by atoms with E-state index in [1.165, 1.54) is 0 Å². The fraction of sp³-hybridized carbons (Fsp3) is 0.190. The Morgan fingerprint density at radius 1 is 1.14 bits per heavy atom. The smallest absolute Gasteiger partial charge is 0.251 e. The number of rotatable bonds is 6. The van der Waals surface area contributed by atoms with E-state index in [9.17, 15) is 9.59 Å². The number of fused-ring (bicyclic) bond motifs is 1. The van der Waals surface area contributed by atoms with Gasteiger partial charge in [0, 0.05) is 23.6 Å². The van der Waals surface area contributed by atoms with Crippen LogP contribution in [0.3, 0.4) is 0 Å². The van der Waals surface area contributed by atoms with Gasteiger partial charge in [0.15, 0.2) is 11.5 Å². The highest BCUT2D eigenvalue weighted by Gasteiger charge is 2.17. The lowest BCUT2D eigenvalue weighted by molar-refractivity contribution is -0.120. The minimum Gasteiger partial charge on any atom is -0.454 e. The average Bonchev–Trinajstić information content (AvgIpc) is 3.43. The zero-order valence-electron chi connectivity index (χ0n) is 15.8. The third kappa shape index (κ3) is 4.21. The molecule has 148 valence electrons. The van der Waals surface area contributed by atoms with Crippen molar-refractivity contribution in [1.29, 1.82) is 0 Å². The number of carbonyl (C=O) groups is 2. The van der Waals surface area contributed by atoms with Crippen molar-refractivity contribution in [1.82, 2.24) is 20.2 Å². The number of hydrogen-bond acceptors (Lipinski definition) is 5. The lowest BCUT2D eigenvalue weighted by Gasteiger charge is -2.15. The van der Waals surface area contributed by atoms with Gasteiger partial charge in [0.05, 0.1) is 18.9 Å². The van der Waals surface area contributed by atoms with Gasteiger partial charge >= 0.3 is 0 Å². The van der Waals surface area contributed by atoms with Crippen LogP contribution in [0.15, 0.2) is 61.2 Å². The largest absolute Gasteiger partial charge is 0.454 e. The predicted octanol–water partition coefficient (Wildman–Crippen LogP) is 2.21. The van der Waals surface area contributed by atoms with Crippen LogP contribution in [0.25, 0.3) is 5.69 Å². The van der Waals surface area contributed by atoms with Gasteiger partial charge in [-0.25, -0.2) is 4.98 Å². The maximum Gasteiger partial charge on any atom is 0.251 e. The summed E-state index contributed by atoms with van der Waals surface area (Å²) < 4.78 is 12.4. The van der Waals surface area contributed by atoms with Gasteiger partial charge in [-0.2, -0.15) is 0 Å². The predicted molar refractivity (Wildman–Crippen MR) is 105 cm³/mol. The normalized spacial score (nSPS) is 13.0.